The second-order valence-corrected chi connectivity index (χ2v) is 4.03. The van der Waals surface area contributed by atoms with Crippen LogP contribution in [0.15, 0.2) is 18.2 Å². The molecule has 1 amide bonds. The number of benzene rings is 1. The summed E-state index contributed by atoms with van der Waals surface area (Å²) in [5.74, 6) is -2.37. The molecule has 5 nitrogen and oxygen atoms in total. The molecule has 1 aliphatic rings. The summed E-state index contributed by atoms with van der Waals surface area (Å²) >= 11 is 5.74. The van der Waals surface area contributed by atoms with Gasteiger partial charge in [-0.05, 0) is 18.2 Å². The summed E-state index contributed by atoms with van der Waals surface area (Å²) in [7, 11) is 0. The lowest BCUT2D eigenvalue weighted by molar-refractivity contribution is -0.136. The van der Waals surface area contributed by atoms with Crippen molar-refractivity contribution >= 4 is 34.9 Å². The van der Waals surface area contributed by atoms with E-state index in [1.54, 1.807) is 12.1 Å². The Hall–Kier alpha value is -1.88. The van der Waals surface area contributed by atoms with Crippen LogP contribution in [0.2, 0.25) is 5.02 Å². The highest BCUT2D eigenvalue weighted by atomic mass is 35.5. The average Bonchev–Trinajstić information content (AvgIpc) is 2.50. The molecule has 0 aliphatic carbocycles. The SMILES string of the molecule is O=C(O)CCN1C(=O)C(=O)c2cc(Cl)ccc21. The number of fused-ring (bicyclic) bond motifs is 1. The second kappa shape index (κ2) is 4.18. The minimum Gasteiger partial charge on any atom is -0.481 e. The first-order chi connectivity index (χ1) is 8.00. The maximum Gasteiger partial charge on any atom is 0.305 e. The Kier molecular flexibility index (Phi) is 2.85. The van der Waals surface area contributed by atoms with Crippen LogP contribution in [0.25, 0.3) is 0 Å². The molecule has 0 aromatic heterocycles. The van der Waals surface area contributed by atoms with Crippen molar-refractivity contribution < 1.29 is 19.5 Å². The molecule has 0 saturated carbocycles. The molecule has 88 valence electrons. The van der Waals surface area contributed by atoms with Gasteiger partial charge in [0.2, 0.25) is 0 Å². The van der Waals surface area contributed by atoms with Gasteiger partial charge in [0.1, 0.15) is 0 Å². The van der Waals surface area contributed by atoms with Crippen molar-refractivity contribution in [3.63, 3.8) is 0 Å². The number of anilines is 1. The molecule has 0 saturated heterocycles. The van der Waals surface area contributed by atoms with Gasteiger partial charge in [0.25, 0.3) is 11.7 Å². The van der Waals surface area contributed by atoms with Crippen LogP contribution in [-0.4, -0.2) is 29.3 Å². The smallest absolute Gasteiger partial charge is 0.305 e. The van der Waals surface area contributed by atoms with Gasteiger partial charge in [0.05, 0.1) is 17.7 Å². The van der Waals surface area contributed by atoms with Gasteiger partial charge < -0.3 is 10.0 Å². The number of rotatable bonds is 3. The molecule has 0 atom stereocenters. The van der Waals surface area contributed by atoms with Crippen molar-refractivity contribution in [2.75, 3.05) is 11.4 Å². The molecule has 0 spiro atoms. The fraction of sp³-hybridized carbons (Fsp3) is 0.182. The van der Waals surface area contributed by atoms with E-state index in [9.17, 15) is 14.4 Å². The fourth-order valence-electron chi connectivity index (χ4n) is 1.70. The second-order valence-electron chi connectivity index (χ2n) is 3.59. The quantitative estimate of drug-likeness (QED) is 0.825. The van der Waals surface area contributed by atoms with Crippen molar-refractivity contribution in [3.05, 3.63) is 28.8 Å². The van der Waals surface area contributed by atoms with Gasteiger partial charge in [0, 0.05) is 11.6 Å². The number of amides is 1. The third-order valence-corrected chi connectivity index (χ3v) is 2.72. The predicted octanol–water partition coefficient (Wildman–Crippen LogP) is 1.34. The van der Waals surface area contributed by atoms with Crippen molar-refractivity contribution in [1.82, 2.24) is 0 Å². The lowest BCUT2D eigenvalue weighted by Crippen LogP contribution is -2.31. The summed E-state index contributed by atoms with van der Waals surface area (Å²) in [4.78, 5) is 34.9. The number of hydrogen-bond acceptors (Lipinski definition) is 3. The Morgan fingerprint density at radius 2 is 2.06 bits per heavy atom. The molecule has 6 heteroatoms. The van der Waals surface area contributed by atoms with Crippen molar-refractivity contribution in [3.8, 4) is 0 Å². The van der Waals surface area contributed by atoms with Crippen LogP contribution in [0, 0.1) is 0 Å². The Morgan fingerprint density at radius 1 is 1.35 bits per heavy atom. The molecule has 1 aliphatic heterocycles. The molecule has 0 fully saturated rings. The first-order valence-corrected chi connectivity index (χ1v) is 5.26. The summed E-state index contributed by atoms with van der Waals surface area (Å²) in [6, 6.07) is 4.51. The zero-order valence-corrected chi connectivity index (χ0v) is 9.40. The zero-order valence-electron chi connectivity index (χ0n) is 8.64. The zero-order chi connectivity index (χ0) is 12.6. The van der Waals surface area contributed by atoms with Crippen LogP contribution in [0.5, 0.6) is 0 Å². The number of nitrogens with zero attached hydrogens (tertiary/aromatic N) is 1. The molecular formula is C11H8ClNO4. The fourth-order valence-corrected chi connectivity index (χ4v) is 1.87. The highest BCUT2D eigenvalue weighted by Gasteiger charge is 2.35. The number of carboxylic acids is 1. The summed E-state index contributed by atoms with van der Waals surface area (Å²) in [5.41, 5.74) is 0.651. The van der Waals surface area contributed by atoms with Crippen LogP contribution >= 0.6 is 11.6 Å². The van der Waals surface area contributed by atoms with Crippen molar-refractivity contribution in [2.24, 2.45) is 0 Å². The predicted molar refractivity (Wildman–Crippen MR) is 60.4 cm³/mol. The van der Waals surface area contributed by atoms with E-state index in [0.717, 1.165) is 0 Å². The van der Waals surface area contributed by atoms with Gasteiger partial charge in [0.15, 0.2) is 0 Å². The van der Waals surface area contributed by atoms with Gasteiger partial charge >= 0.3 is 5.97 Å². The normalized spacial score (nSPS) is 14.1. The standard InChI is InChI=1S/C11H8ClNO4/c12-6-1-2-8-7(5-6)10(16)11(17)13(8)4-3-9(14)15/h1-2,5H,3-4H2,(H,14,15). The molecule has 2 rings (SSSR count). The van der Waals surface area contributed by atoms with E-state index in [2.05, 4.69) is 0 Å². The Bertz CT molecular complexity index is 526. The van der Waals surface area contributed by atoms with E-state index < -0.39 is 17.7 Å². The van der Waals surface area contributed by atoms with E-state index in [-0.39, 0.29) is 18.5 Å². The lowest BCUT2D eigenvalue weighted by Gasteiger charge is -2.14. The molecule has 0 unspecified atom stereocenters. The minimum absolute atomic E-state index is 0.0193. The third kappa shape index (κ3) is 2.01. The maximum absolute atomic E-state index is 11.6. The minimum atomic E-state index is -1.02. The molecular weight excluding hydrogens is 246 g/mol. The van der Waals surface area contributed by atoms with Gasteiger partial charge in [-0.1, -0.05) is 11.6 Å². The largest absolute Gasteiger partial charge is 0.481 e. The van der Waals surface area contributed by atoms with E-state index in [1.165, 1.54) is 11.0 Å². The monoisotopic (exact) mass is 253 g/mol. The van der Waals surface area contributed by atoms with Crippen LogP contribution < -0.4 is 4.90 Å². The average molecular weight is 254 g/mol. The number of aliphatic carboxylic acids is 1. The molecule has 1 heterocycles. The number of carbonyl (C=O) groups is 3. The highest BCUT2D eigenvalue weighted by molar-refractivity contribution is 6.52. The first-order valence-electron chi connectivity index (χ1n) is 4.88. The van der Waals surface area contributed by atoms with E-state index >= 15 is 0 Å². The van der Waals surface area contributed by atoms with Crippen LogP contribution in [0.1, 0.15) is 16.8 Å². The number of Topliss-reactive ketones (excluding diaryl/α,β-unsaturated/α-hetero) is 1. The maximum atomic E-state index is 11.6. The molecule has 1 aromatic carbocycles. The molecule has 0 radical (unpaired) electrons. The van der Waals surface area contributed by atoms with Gasteiger partial charge in [-0.2, -0.15) is 0 Å². The van der Waals surface area contributed by atoms with Gasteiger partial charge in [-0.3, -0.25) is 14.4 Å². The summed E-state index contributed by atoms with van der Waals surface area (Å²) in [6.45, 7) is -0.0193. The lowest BCUT2D eigenvalue weighted by atomic mass is 10.1. The molecule has 0 bridgehead atoms. The van der Waals surface area contributed by atoms with Crippen molar-refractivity contribution in [2.45, 2.75) is 6.42 Å². The highest BCUT2D eigenvalue weighted by Crippen LogP contribution is 2.31. The summed E-state index contributed by atoms with van der Waals surface area (Å²) < 4.78 is 0. The molecule has 1 N–H and O–H groups in total. The Balaban J connectivity index is 2.34. The van der Waals surface area contributed by atoms with E-state index in [1.807, 2.05) is 0 Å². The Morgan fingerprint density at radius 3 is 2.71 bits per heavy atom. The topological polar surface area (TPSA) is 74.7 Å². The number of hydrogen-bond donors (Lipinski definition) is 1. The summed E-state index contributed by atoms with van der Waals surface area (Å²) in [6.07, 6.45) is -0.207. The summed E-state index contributed by atoms with van der Waals surface area (Å²) in [5, 5.41) is 8.94. The third-order valence-electron chi connectivity index (χ3n) is 2.48. The van der Waals surface area contributed by atoms with Gasteiger partial charge in [-0.25, -0.2) is 0 Å². The number of carbonyl (C=O) groups excluding carboxylic acids is 2. The Labute approximate surface area is 102 Å². The first kappa shape index (κ1) is 11.6. The van der Waals surface area contributed by atoms with Gasteiger partial charge in [-0.15, -0.1) is 0 Å². The van der Waals surface area contributed by atoms with Crippen LogP contribution in [0.4, 0.5) is 5.69 Å². The molecule has 17 heavy (non-hydrogen) atoms. The van der Waals surface area contributed by atoms with E-state index in [4.69, 9.17) is 16.7 Å². The number of carboxylic acid groups (broad SMARTS) is 1. The number of ketones is 1. The van der Waals surface area contributed by atoms with Crippen molar-refractivity contribution in [1.29, 1.82) is 0 Å². The van der Waals surface area contributed by atoms with Crippen LogP contribution in [-0.2, 0) is 9.59 Å². The molecule has 1 aromatic rings. The number of halogens is 1. The van der Waals surface area contributed by atoms with E-state index in [0.29, 0.717) is 10.7 Å². The van der Waals surface area contributed by atoms with Crippen LogP contribution in [0.3, 0.4) is 0 Å².